The van der Waals surface area contributed by atoms with Crippen molar-refractivity contribution in [2.24, 2.45) is 13.0 Å². The van der Waals surface area contributed by atoms with Gasteiger partial charge in [-0.05, 0) is 31.7 Å². The Hall–Kier alpha value is -0.540. The van der Waals surface area contributed by atoms with Gasteiger partial charge in [-0.25, -0.2) is 0 Å². The first kappa shape index (κ1) is 11.0. The third-order valence-corrected chi connectivity index (χ3v) is 3.20. The van der Waals surface area contributed by atoms with Crippen LogP contribution in [0.4, 0.5) is 0 Å². The Morgan fingerprint density at radius 3 is 2.93 bits per heavy atom. The maximum absolute atomic E-state index is 6.06. The highest BCUT2D eigenvalue weighted by atomic mass is 35.5. The average molecular weight is 228 g/mol. The van der Waals surface area contributed by atoms with E-state index in [1.54, 1.807) is 6.20 Å². The molecule has 1 fully saturated rings. The van der Waals surface area contributed by atoms with Gasteiger partial charge in [-0.1, -0.05) is 18.5 Å². The molecule has 1 atom stereocenters. The molecule has 1 aromatic rings. The predicted molar refractivity (Wildman–Crippen MR) is 62.1 cm³/mol. The predicted octanol–water partition coefficient (Wildman–Crippen LogP) is 2.00. The standard InChI is InChI=1S/C11H18ClN3/c1-8(6-13-9-3-4-9)5-11-10(12)7-14-15(11)2/h7-9,13H,3-6H2,1-2H3. The molecule has 0 spiro atoms. The minimum Gasteiger partial charge on any atom is -0.314 e. The van der Waals surface area contributed by atoms with Gasteiger partial charge in [0.25, 0.3) is 0 Å². The van der Waals surface area contributed by atoms with E-state index in [0.717, 1.165) is 29.7 Å². The summed E-state index contributed by atoms with van der Waals surface area (Å²) in [5, 5.41) is 8.46. The molecule has 0 aliphatic heterocycles. The summed E-state index contributed by atoms with van der Waals surface area (Å²) in [6, 6.07) is 0.787. The van der Waals surface area contributed by atoms with Crippen molar-refractivity contribution in [2.75, 3.05) is 6.54 Å². The highest BCUT2D eigenvalue weighted by molar-refractivity contribution is 6.31. The normalized spacial score (nSPS) is 18.1. The number of nitrogens with one attached hydrogen (secondary N) is 1. The highest BCUT2D eigenvalue weighted by Gasteiger charge is 2.21. The Balaban J connectivity index is 1.84. The van der Waals surface area contributed by atoms with E-state index in [2.05, 4.69) is 17.3 Å². The maximum Gasteiger partial charge on any atom is 0.0817 e. The summed E-state index contributed by atoms with van der Waals surface area (Å²) in [4.78, 5) is 0. The van der Waals surface area contributed by atoms with Gasteiger partial charge in [-0.2, -0.15) is 5.10 Å². The van der Waals surface area contributed by atoms with Crippen LogP contribution in [0.25, 0.3) is 0 Å². The van der Waals surface area contributed by atoms with E-state index in [4.69, 9.17) is 11.6 Å². The topological polar surface area (TPSA) is 29.9 Å². The maximum atomic E-state index is 6.06. The van der Waals surface area contributed by atoms with Crippen molar-refractivity contribution < 1.29 is 0 Å². The largest absolute Gasteiger partial charge is 0.314 e. The molecular formula is C11H18ClN3. The van der Waals surface area contributed by atoms with Gasteiger partial charge in [0.1, 0.15) is 0 Å². The summed E-state index contributed by atoms with van der Waals surface area (Å²) >= 11 is 6.06. The van der Waals surface area contributed by atoms with Gasteiger partial charge in [-0.15, -0.1) is 0 Å². The zero-order chi connectivity index (χ0) is 10.8. The number of halogens is 1. The second kappa shape index (κ2) is 4.54. The molecule has 2 rings (SSSR count). The molecule has 84 valence electrons. The molecule has 1 heterocycles. The van der Waals surface area contributed by atoms with E-state index in [1.807, 2.05) is 11.7 Å². The SMILES string of the molecule is CC(CNC1CC1)Cc1c(Cl)cnn1C. The smallest absolute Gasteiger partial charge is 0.0817 e. The summed E-state index contributed by atoms with van der Waals surface area (Å²) in [6.07, 6.45) is 5.41. The first-order chi connectivity index (χ1) is 7.16. The van der Waals surface area contributed by atoms with Crippen LogP contribution in [0.5, 0.6) is 0 Å². The van der Waals surface area contributed by atoms with Gasteiger partial charge in [-0.3, -0.25) is 4.68 Å². The Morgan fingerprint density at radius 2 is 2.40 bits per heavy atom. The Labute approximate surface area is 95.8 Å². The number of hydrogen-bond acceptors (Lipinski definition) is 2. The highest BCUT2D eigenvalue weighted by Crippen LogP contribution is 2.21. The van der Waals surface area contributed by atoms with Gasteiger partial charge in [0.2, 0.25) is 0 Å². The quantitative estimate of drug-likeness (QED) is 0.834. The fourth-order valence-corrected chi connectivity index (χ4v) is 1.97. The van der Waals surface area contributed by atoms with Crippen LogP contribution >= 0.6 is 11.6 Å². The molecule has 1 saturated carbocycles. The number of aromatic nitrogens is 2. The fraction of sp³-hybridized carbons (Fsp3) is 0.727. The van der Waals surface area contributed by atoms with Crippen LogP contribution in [0.1, 0.15) is 25.5 Å². The van der Waals surface area contributed by atoms with Crippen LogP contribution in [0.2, 0.25) is 5.02 Å². The van der Waals surface area contributed by atoms with Crippen molar-refractivity contribution in [1.82, 2.24) is 15.1 Å². The lowest BCUT2D eigenvalue weighted by Gasteiger charge is -2.12. The molecule has 1 N–H and O–H groups in total. The first-order valence-corrected chi connectivity index (χ1v) is 5.94. The minimum absolute atomic E-state index is 0.610. The van der Waals surface area contributed by atoms with Crippen LogP contribution < -0.4 is 5.32 Å². The summed E-state index contributed by atoms with van der Waals surface area (Å²) in [5.41, 5.74) is 1.14. The fourth-order valence-electron chi connectivity index (χ4n) is 1.72. The lowest BCUT2D eigenvalue weighted by molar-refractivity contribution is 0.494. The van der Waals surface area contributed by atoms with Crippen molar-refractivity contribution in [3.63, 3.8) is 0 Å². The molecule has 4 heteroatoms. The molecule has 15 heavy (non-hydrogen) atoms. The number of aryl methyl sites for hydroxylation is 1. The Kier molecular flexibility index (Phi) is 3.32. The molecule has 3 nitrogen and oxygen atoms in total. The third kappa shape index (κ3) is 2.95. The first-order valence-electron chi connectivity index (χ1n) is 5.56. The third-order valence-electron chi connectivity index (χ3n) is 2.88. The van der Waals surface area contributed by atoms with Gasteiger partial charge in [0.05, 0.1) is 16.9 Å². The minimum atomic E-state index is 0.610. The van der Waals surface area contributed by atoms with Crippen LogP contribution in [0.3, 0.4) is 0 Å². The molecule has 1 aliphatic carbocycles. The van der Waals surface area contributed by atoms with Crippen LogP contribution in [-0.4, -0.2) is 22.4 Å². The van der Waals surface area contributed by atoms with Crippen molar-refractivity contribution in [2.45, 2.75) is 32.2 Å². The monoisotopic (exact) mass is 227 g/mol. The van der Waals surface area contributed by atoms with E-state index >= 15 is 0 Å². The van der Waals surface area contributed by atoms with Gasteiger partial charge >= 0.3 is 0 Å². The molecule has 1 unspecified atom stereocenters. The molecule has 1 aliphatic rings. The van der Waals surface area contributed by atoms with Gasteiger partial charge < -0.3 is 5.32 Å². The number of hydrogen-bond donors (Lipinski definition) is 1. The summed E-state index contributed by atoms with van der Waals surface area (Å²) in [6.45, 7) is 3.32. The summed E-state index contributed by atoms with van der Waals surface area (Å²) < 4.78 is 1.87. The number of nitrogens with zero attached hydrogens (tertiary/aromatic N) is 2. The molecular weight excluding hydrogens is 210 g/mol. The van der Waals surface area contributed by atoms with Crippen LogP contribution in [0, 0.1) is 5.92 Å². The number of rotatable bonds is 5. The Morgan fingerprint density at radius 1 is 1.67 bits per heavy atom. The van der Waals surface area contributed by atoms with Crippen LogP contribution in [0.15, 0.2) is 6.20 Å². The second-order valence-electron chi connectivity index (χ2n) is 4.55. The van der Waals surface area contributed by atoms with E-state index in [9.17, 15) is 0 Å². The summed E-state index contributed by atoms with van der Waals surface area (Å²) in [7, 11) is 1.95. The lowest BCUT2D eigenvalue weighted by atomic mass is 10.1. The molecule has 1 aromatic heterocycles. The van der Waals surface area contributed by atoms with Gasteiger partial charge in [0.15, 0.2) is 0 Å². The summed E-state index contributed by atoms with van der Waals surface area (Å²) in [5.74, 6) is 0.610. The molecule has 0 bridgehead atoms. The van der Waals surface area contributed by atoms with Crippen molar-refractivity contribution >= 4 is 11.6 Å². The average Bonchev–Trinajstić information content (AvgIpc) is 2.98. The van der Waals surface area contributed by atoms with Crippen molar-refractivity contribution in [3.05, 3.63) is 16.9 Å². The molecule has 0 saturated heterocycles. The molecule has 0 radical (unpaired) electrons. The van der Waals surface area contributed by atoms with E-state index in [-0.39, 0.29) is 0 Å². The van der Waals surface area contributed by atoms with Crippen molar-refractivity contribution in [1.29, 1.82) is 0 Å². The zero-order valence-electron chi connectivity index (χ0n) is 9.33. The van der Waals surface area contributed by atoms with E-state index < -0.39 is 0 Å². The van der Waals surface area contributed by atoms with Crippen LogP contribution in [-0.2, 0) is 13.5 Å². The second-order valence-corrected chi connectivity index (χ2v) is 4.96. The molecule has 0 amide bonds. The van der Waals surface area contributed by atoms with Gasteiger partial charge in [0, 0.05) is 13.1 Å². The zero-order valence-corrected chi connectivity index (χ0v) is 10.1. The lowest BCUT2D eigenvalue weighted by Crippen LogP contribution is -2.24. The van der Waals surface area contributed by atoms with E-state index in [1.165, 1.54) is 12.8 Å². The molecule has 0 aromatic carbocycles. The van der Waals surface area contributed by atoms with Crippen molar-refractivity contribution in [3.8, 4) is 0 Å². The van der Waals surface area contributed by atoms with E-state index in [0.29, 0.717) is 5.92 Å². The Bertz CT molecular complexity index is 311.